The lowest BCUT2D eigenvalue weighted by Crippen LogP contribution is -2.32. The van der Waals surface area contributed by atoms with Gasteiger partial charge in [-0.3, -0.25) is 14.2 Å². The number of alkyl halides is 3. The maximum Gasteiger partial charge on any atom is 0.416 e. The van der Waals surface area contributed by atoms with Gasteiger partial charge in [-0.15, -0.1) is 0 Å². The van der Waals surface area contributed by atoms with E-state index >= 15 is 0 Å². The number of aromatic nitrogens is 2. The SMILES string of the molecule is Cc1ccc(C(=O)Nc2cccc(C(F)(F)F)c2)cc1C#Cc1cnc2c(NC3C=NN(CCN(C)C)C3)cccn12. The van der Waals surface area contributed by atoms with Gasteiger partial charge >= 0.3 is 6.18 Å². The fourth-order valence-electron chi connectivity index (χ4n) is 4.47. The van der Waals surface area contributed by atoms with Gasteiger partial charge in [0, 0.05) is 42.3 Å². The number of nitrogens with one attached hydrogen (secondary N) is 2. The van der Waals surface area contributed by atoms with Crippen LogP contribution in [-0.4, -0.2) is 71.2 Å². The molecule has 2 aromatic carbocycles. The molecule has 0 saturated heterocycles. The van der Waals surface area contributed by atoms with Crippen LogP contribution in [-0.2, 0) is 6.18 Å². The number of hydrazone groups is 1. The molecular weight excluding hydrogens is 543 g/mol. The van der Waals surface area contributed by atoms with Crippen LogP contribution in [0.4, 0.5) is 24.5 Å². The molecule has 0 saturated carbocycles. The van der Waals surface area contributed by atoms with E-state index in [4.69, 9.17) is 0 Å². The van der Waals surface area contributed by atoms with Crippen molar-refractivity contribution in [2.75, 3.05) is 44.4 Å². The molecule has 0 fully saturated rings. The number of nitrogens with zero attached hydrogens (tertiary/aromatic N) is 5. The molecule has 1 atom stereocenters. The van der Waals surface area contributed by atoms with Gasteiger partial charge in [0.25, 0.3) is 5.91 Å². The summed E-state index contributed by atoms with van der Waals surface area (Å²) in [5.74, 6) is 5.74. The Balaban J connectivity index is 1.31. The number of hydrogen-bond acceptors (Lipinski definition) is 6. The number of pyridine rings is 1. The van der Waals surface area contributed by atoms with Gasteiger partial charge in [0.2, 0.25) is 0 Å². The minimum Gasteiger partial charge on any atom is -0.372 e. The zero-order chi connectivity index (χ0) is 29.9. The minimum absolute atomic E-state index is 0.0528. The summed E-state index contributed by atoms with van der Waals surface area (Å²) in [6.45, 7) is 4.41. The van der Waals surface area contributed by atoms with Crippen molar-refractivity contribution in [1.29, 1.82) is 0 Å². The minimum atomic E-state index is -4.50. The molecule has 0 aliphatic carbocycles. The fraction of sp³-hybridized carbons (Fsp3) is 0.258. The van der Waals surface area contributed by atoms with Crippen LogP contribution < -0.4 is 10.6 Å². The Morgan fingerprint density at radius 1 is 1.12 bits per heavy atom. The Morgan fingerprint density at radius 3 is 2.74 bits per heavy atom. The van der Waals surface area contributed by atoms with Crippen LogP contribution in [0.5, 0.6) is 0 Å². The highest BCUT2D eigenvalue weighted by molar-refractivity contribution is 6.04. The second-order valence-corrected chi connectivity index (χ2v) is 10.3. The van der Waals surface area contributed by atoms with E-state index in [1.54, 1.807) is 24.4 Å². The van der Waals surface area contributed by atoms with Crippen molar-refractivity contribution in [1.82, 2.24) is 19.3 Å². The van der Waals surface area contributed by atoms with Crippen molar-refractivity contribution in [2.45, 2.75) is 19.1 Å². The molecule has 0 bridgehead atoms. The molecule has 4 aromatic rings. The summed E-state index contributed by atoms with van der Waals surface area (Å²) >= 11 is 0. The van der Waals surface area contributed by atoms with Crippen molar-refractivity contribution >= 4 is 29.1 Å². The maximum atomic E-state index is 13.1. The van der Waals surface area contributed by atoms with E-state index in [0.29, 0.717) is 11.3 Å². The van der Waals surface area contributed by atoms with E-state index in [0.717, 1.165) is 48.7 Å². The number of halogens is 3. The lowest BCUT2D eigenvalue weighted by Gasteiger charge is -2.19. The normalized spacial score (nSPS) is 14.7. The second kappa shape index (κ2) is 12.0. The molecule has 2 N–H and O–H groups in total. The number of anilines is 2. The number of fused-ring (bicyclic) bond motifs is 1. The zero-order valence-electron chi connectivity index (χ0n) is 23.4. The number of benzene rings is 2. The first-order chi connectivity index (χ1) is 20.1. The van der Waals surface area contributed by atoms with Gasteiger partial charge in [-0.05, 0) is 75.0 Å². The predicted molar refractivity (Wildman–Crippen MR) is 158 cm³/mol. The molecular formula is C31H30F3N7O. The number of aryl methyl sites for hydroxylation is 1. The predicted octanol–water partition coefficient (Wildman–Crippen LogP) is 4.96. The number of carbonyl (C=O) groups excluding carboxylic acids is 1. The molecule has 1 unspecified atom stereocenters. The van der Waals surface area contributed by atoms with Gasteiger partial charge in [-0.2, -0.15) is 18.3 Å². The van der Waals surface area contributed by atoms with Crippen LogP contribution in [0.25, 0.3) is 5.65 Å². The van der Waals surface area contributed by atoms with Crippen LogP contribution in [0.15, 0.2) is 72.1 Å². The molecule has 0 radical (unpaired) electrons. The molecule has 11 heteroatoms. The van der Waals surface area contributed by atoms with Gasteiger partial charge in [-0.1, -0.05) is 18.1 Å². The van der Waals surface area contributed by atoms with Gasteiger partial charge < -0.3 is 15.5 Å². The maximum absolute atomic E-state index is 13.1. The Hall–Kier alpha value is -4.82. The van der Waals surface area contributed by atoms with E-state index in [-0.39, 0.29) is 17.3 Å². The molecule has 1 aliphatic rings. The topological polar surface area (TPSA) is 77.3 Å². The van der Waals surface area contributed by atoms with Crippen LogP contribution >= 0.6 is 0 Å². The Bertz CT molecular complexity index is 1700. The van der Waals surface area contributed by atoms with Crippen molar-refractivity contribution < 1.29 is 18.0 Å². The summed E-state index contributed by atoms with van der Waals surface area (Å²) in [6, 6.07) is 13.5. The van der Waals surface area contributed by atoms with Crippen LogP contribution in [0.1, 0.15) is 32.7 Å². The number of likely N-dealkylation sites (N-methyl/N-ethyl adjacent to an activating group) is 1. The zero-order valence-corrected chi connectivity index (χ0v) is 23.4. The third-order valence-electron chi connectivity index (χ3n) is 6.77. The van der Waals surface area contributed by atoms with Crippen LogP contribution in [0.3, 0.4) is 0 Å². The summed E-state index contributed by atoms with van der Waals surface area (Å²) in [6.07, 6.45) is 0.982. The number of amides is 1. The lowest BCUT2D eigenvalue weighted by molar-refractivity contribution is -0.137. The van der Waals surface area contributed by atoms with Crippen molar-refractivity contribution in [3.8, 4) is 11.8 Å². The number of hydrogen-bond donors (Lipinski definition) is 2. The quantitative estimate of drug-likeness (QED) is 0.306. The third kappa shape index (κ3) is 6.72. The largest absolute Gasteiger partial charge is 0.416 e. The third-order valence-corrected chi connectivity index (χ3v) is 6.77. The van der Waals surface area contributed by atoms with Crippen LogP contribution in [0, 0.1) is 18.8 Å². The smallest absolute Gasteiger partial charge is 0.372 e. The lowest BCUT2D eigenvalue weighted by atomic mass is 10.0. The molecule has 216 valence electrons. The summed E-state index contributed by atoms with van der Waals surface area (Å²) < 4.78 is 41.1. The average molecular weight is 574 g/mol. The monoisotopic (exact) mass is 573 g/mol. The van der Waals surface area contributed by atoms with Crippen molar-refractivity contribution in [3.05, 3.63) is 94.9 Å². The Kier molecular flexibility index (Phi) is 8.17. The Morgan fingerprint density at radius 2 is 1.95 bits per heavy atom. The van der Waals surface area contributed by atoms with Gasteiger partial charge in [0.1, 0.15) is 5.69 Å². The molecule has 1 amide bonds. The number of rotatable bonds is 7. The highest BCUT2D eigenvalue weighted by atomic mass is 19.4. The molecule has 42 heavy (non-hydrogen) atoms. The fourth-order valence-corrected chi connectivity index (χ4v) is 4.47. The van der Waals surface area contributed by atoms with E-state index < -0.39 is 17.6 Å². The summed E-state index contributed by atoms with van der Waals surface area (Å²) in [5.41, 5.74) is 3.24. The first kappa shape index (κ1) is 28.7. The van der Waals surface area contributed by atoms with E-state index in [2.05, 4.69) is 37.5 Å². The first-order valence-electron chi connectivity index (χ1n) is 13.3. The number of carbonyl (C=O) groups is 1. The van der Waals surface area contributed by atoms with Crippen molar-refractivity contribution in [2.24, 2.45) is 5.10 Å². The summed E-state index contributed by atoms with van der Waals surface area (Å²) in [4.78, 5) is 19.5. The van der Waals surface area contributed by atoms with E-state index in [1.807, 2.05) is 55.0 Å². The van der Waals surface area contributed by atoms with E-state index in [1.165, 1.54) is 12.1 Å². The number of imidazole rings is 1. The highest BCUT2D eigenvalue weighted by Gasteiger charge is 2.30. The van der Waals surface area contributed by atoms with Gasteiger partial charge in [-0.25, -0.2) is 4.98 Å². The molecule has 1 aliphatic heterocycles. The molecule has 0 spiro atoms. The summed E-state index contributed by atoms with van der Waals surface area (Å²) in [5, 5.41) is 12.6. The molecule has 5 rings (SSSR count). The highest BCUT2D eigenvalue weighted by Crippen LogP contribution is 2.30. The van der Waals surface area contributed by atoms with Crippen molar-refractivity contribution in [3.63, 3.8) is 0 Å². The Labute approximate surface area is 241 Å². The molecule has 2 aromatic heterocycles. The first-order valence-corrected chi connectivity index (χ1v) is 13.3. The second-order valence-electron chi connectivity index (χ2n) is 10.3. The van der Waals surface area contributed by atoms with E-state index in [9.17, 15) is 18.0 Å². The molecule has 3 heterocycles. The van der Waals surface area contributed by atoms with Crippen LogP contribution in [0.2, 0.25) is 0 Å². The average Bonchev–Trinajstić information content (AvgIpc) is 3.58. The van der Waals surface area contributed by atoms with Gasteiger partial charge in [0.15, 0.2) is 5.65 Å². The standard InChI is InChI=1S/C31H30F3N7O/c1-21-9-10-23(30(42)38-25-7-4-6-24(17-25)31(32,33)34)16-22(21)11-12-27-19-35-29-28(8-5-13-41(27)29)37-26-18-36-40(20-26)15-14-39(2)3/h4-10,13,16-19,26,37H,14-15,20H2,1-3H3,(H,38,42). The summed E-state index contributed by atoms with van der Waals surface area (Å²) in [7, 11) is 4.07. The molecule has 8 nitrogen and oxygen atoms in total. The van der Waals surface area contributed by atoms with Gasteiger partial charge in [0.05, 0.1) is 30.0 Å².